The standard InChI is InChI=1S/C19H21N3O/c1-12-18(13(2)21-11-20-12)16-5-4-15-6-7-19(9-17(15)8-16)10-23-14(3)22-19/h4-5,8,11H,6-7,9-10H2,1-3H3. The summed E-state index contributed by atoms with van der Waals surface area (Å²) in [6, 6.07) is 6.77. The normalized spacial score (nSPS) is 22.7. The van der Waals surface area contributed by atoms with Crippen LogP contribution in [0.1, 0.15) is 35.9 Å². The Morgan fingerprint density at radius 2 is 1.83 bits per heavy atom. The van der Waals surface area contributed by atoms with E-state index >= 15 is 0 Å². The summed E-state index contributed by atoms with van der Waals surface area (Å²) in [5.41, 5.74) is 7.19. The van der Waals surface area contributed by atoms with Crippen LogP contribution in [0, 0.1) is 13.8 Å². The van der Waals surface area contributed by atoms with Gasteiger partial charge in [-0.2, -0.15) is 0 Å². The van der Waals surface area contributed by atoms with Gasteiger partial charge in [0.15, 0.2) is 5.90 Å². The minimum absolute atomic E-state index is 0.0486. The maximum absolute atomic E-state index is 5.64. The van der Waals surface area contributed by atoms with Crippen molar-refractivity contribution in [3.63, 3.8) is 0 Å². The zero-order valence-electron chi connectivity index (χ0n) is 13.9. The molecular weight excluding hydrogens is 286 g/mol. The second kappa shape index (κ2) is 5.15. The van der Waals surface area contributed by atoms with E-state index in [1.165, 1.54) is 16.7 Å². The van der Waals surface area contributed by atoms with Crippen molar-refractivity contribution in [1.29, 1.82) is 0 Å². The monoisotopic (exact) mass is 307 g/mol. The van der Waals surface area contributed by atoms with Gasteiger partial charge in [0.25, 0.3) is 0 Å². The maximum Gasteiger partial charge on any atom is 0.180 e. The Morgan fingerprint density at radius 1 is 1.04 bits per heavy atom. The summed E-state index contributed by atoms with van der Waals surface area (Å²) < 4.78 is 5.64. The van der Waals surface area contributed by atoms with E-state index in [2.05, 4.69) is 28.2 Å². The van der Waals surface area contributed by atoms with Crippen molar-refractivity contribution in [2.75, 3.05) is 6.61 Å². The van der Waals surface area contributed by atoms with E-state index < -0.39 is 0 Å². The van der Waals surface area contributed by atoms with Gasteiger partial charge in [0.2, 0.25) is 0 Å². The van der Waals surface area contributed by atoms with Crippen molar-refractivity contribution in [1.82, 2.24) is 9.97 Å². The lowest BCUT2D eigenvalue weighted by Crippen LogP contribution is -2.35. The summed E-state index contributed by atoms with van der Waals surface area (Å²) in [5.74, 6) is 0.827. The van der Waals surface area contributed by atoms with E-state index in [1.54, 1.807) is 6.33 Å². The summed E-state index contributed by atoms with van der Waals surface area (Å²) in [4.78, 5) is 13.5. The van der Waals surface area contributed by atoms with Crippen LogP contribution in [-0.4, -0.2) is 28.0 Å². The molecule has 1 aliphatic heterocycles. The molecule has 0 saturated heterocycles. The summed E-state index contributed by atoms with van der Waals surface area (Å²) in [5, 5.41) is 0. The Hall–Kier alpha value is -2.23. The van der Waals surface area contributed by atoms with Crippen LogP contribution in [0.2, 0.25) is 0 Å². The lowest BCUT2D eigenvalue weighted by Gasteiger charge is -2.31. The number of hydrogen-bond acceptors (Lipinski definition) is 4. The van der Waals surface area contributed by atoms with Crippen LogP contribution < -0.4 is 0 Å². The Morgan fingerprint density at radius 3 is 2.52 bits per heavy atom. The summed E-state index contributed by atoms with van der Waals surface area (Å²) in [6.45, 7) is 6.76. The molecule has 118 valence electrons. The van der Waals surface area contributed by atoms with Crippen molar-refractivity contribution in [3.05, 3.63) is 47.0 Å². The van der Waals surface area contributed by atoms with Crippen LogP contribution in [0.4, 0.5) is 0 Å². The predicted octanol–water partition coefficient (Wildman–Crippen LogP) is 3.44. The van der Waals surface area contributed by atoms with Gasteiger partial charge in [0.1, 0.15) is 18.5 Å². The molecule has 4 rings (SSSR count). The number of benzene rings is 1. The molecule has 0 N–H and O–H groups in total. The zero-order valence-corrected chi connectivity index (χ0v) is 13.9. The molecule has 1 unspecified atom stereocenters. The third-order valence-electron chi connectivity index (χ3n) is 5.04. The van der Waals surface area contributed by atoms with Gasteiger partial charge in [-0.05, 0) is 43.4 Å². The first kappa shape index (κ1) is 14.4. The SMILES string of the molecule is CC1=NC2(CCc3ccc(-c4c(C)ncnc4C)cc3C2)CO1. The second-order valence-corrected chi connectivity index (χ2v) is 6.72. The van der Waals surface area contributed by atoms with Crippen LogP contribution in [-0.2, 0) is 17.6 Å². The molecule has 4 nitrogen and oxygen atoms in total. The fourth-order valence-electron chi connectivity index (χ4n) is 3.87. The quantitative estimate of drug-likeness (QED) is 0.811. The fourth-order valence-corrected chi connectivity index (χ4v) is 3.87. The Balaban J connectivity index is 1.76. The number of rotatable bonds is 1. The molecule has 1 spiro atoms. The van der Waals surface area contributed by atoms with E-state index in [1.807, 2.05) is 20.8 Å². The van der Waals surface area contributed by atoms with Crippen LogP contribution in [0.25, 0.3) is 11.1 Å². The summed E-state index contributed by atoms with van der Waals surface area (Å²) in [6.07, 6.45) is 4.73. The Bertz CT molecular complexity index is 792. The van der Waals surface area contributed by atoms with Crippen molar-refractivity contribution in [2.24, 2.45) is 4.99 Å². The number of fused-ring (bicyclic) bond motifs is 1. The van der Waals surface area contributed by atoms with Crippen LogP contribution in [0.3, 0.4) is 0 Å². The van der Waals surface area contributed by atoms with Gasteiger partial charge in [-0.1, -0.05) is 18.2 Å². The third-order valence-corrected chi connectivity index (χ3v) is 5.04. The minimum atomic E-state index is -0.0486. The Kier molecular flexibility index (Phi) is 3.22. The molecule has 23 heavy (non-hydrogen) atoms. The van der Waals surface area contributed by atoms with E-state index in [-0.39, 0.29) is 5.54 Å². The highest BCUT2D eigenvalue weighted by Crippen LogP contribution is 2.37. The minimum Gasteiger partial charge on any atom is -0.479 e. The molecule has 0 bridgehead atoms. The largest absolute Gasteiger partial charge is 0.479 e. The molecule has 2 heterocycles. The number of aromatic nitrogens is 2. The van der Waals surface area contributed by atoms with Gasteiger partial charge < -0.3 is 4.74 Å². The molecule has 0 amide bonds. The van der Waals surface area contributed by atoms with E-state index in [0.29, 0.717) is 0 Å². The average molecular weight is 307 g/mol. The van der Waals surface area contributed by atoms with Gasteiger partial charge in [0, 0.05) is 30.3 Å². The molecular formula is C19H21N3O. The molecule has 2 aliphatic rings. The van der Waals surface area contributed by atoms with Gasteiger partial charge in [-0.25, -0.2) is 15.0 Å². The first-order valence-corrected chi connectivity index (χ1v) is 8.16. The zero-order chi connectivity index (χ0) is 16.0. The van der Waals surface area contributed by atoms with Gasteiger partial charge in [-0.15, -0.1) is 0 Å². The van der Waals surface area contributed by atoms with Crippen molar-refractivity contribution >= 4 is 5.90 Å². The number of nitrogens with zero attached hydrogens (tertiary/aromatic N) is 3. The molecule has 0 fully saturated rings. The summed E-state index contributed by atoms with van der Waals surface area (Å²) >= 11 is 0. The highest BCUT2D eigenvalue weighted by Gasteiger charge is 2.38. The van der Waals surface area contributed by atoms with Crippen molar-refractivity contribution in [2.45, 2.75) is 45.6 Å². The molecule has 1 aromatic carbocycles. The van der Waals surface area contributed by atoms with E-state index in [9.17, 15) is 0 Å². The number of aliphatic imine (C=N–C) groups is 1. The highest BCUT2D eigenvalue weighted by atomic mass is 16.5. The lowest BCUT2D eigenvalue weighted by atomic mass is 9.78. The van der Waals surface area contributed by atoms with Crippen LogP contribution in [0.15, 0.2) is 29.5 Å². The molecule has 1 aliphatic carbocycles. The second-order valence-electron chi connectivity index (χ2n) is 6.72. The van der Waals surface area contributed by atoms with Crippen molar-refractivity contribution in [3.8, 4) is 11.1 Å². The third kappa shape index (κ3) is 2.42. The number of ether oxygens (including phenoxy) is 1. The highest BCUT2D eigenvalue weighted by molar-refractivity contribution is 5.75. The summed E-state index contributed by atoms with van der Waals surface area (Å²) in [7, 11) is 0. The molecule has 4 heteroatoms. The molecule has 1 aromatic heterocycles. The fraction of sp³-hybridized carbons (Fsp3) is 0.421. The van der Waals surface area contributed by atoms with E-state index in [4.69, 9.17) is 9.73 Å². The molecule has 0 saturated carbocycles. The first-order chi connectivity index (χ1) is 11.1. The average Bonchev–Trinajstić information content (AvgIpc) is 2.87. The topological polar surface area (TPSA) is 47.4 Å². The maximum atomic E-state index is 5.64. The Labute approximate surface area is 136 Å². The van der Waals surface area contributed by atoms with Crippen LogP contribution in [0.5, 0.6) is 0 Å². The lowest BCUT2D eigenvalue weighted by molar-refractivity contribution is 0.236. The van der Waals surface area contributed by atoms with Gasteiger partial charge in [-0.3, -0.25) is 0 Å². The van der Waals surface area contributed by atoms with Gasteiger partial charge >= 0.3 is 0 Å². The predicted molar refractivity (Wildman–Crippen MR) is 90.8 cm³/mol. The number of hydrogen-bond donors (Lipinski definition) is 0. The first-order valence-electron chi connectivity index (χ1n) is 8.16. The van der Waals surface area contributed by atoms with E-state index in [0.717, 1.165) is 48.7 Å². The molecule has 1 atom stereocenters. The van der Waals surface area contributed by atoms with Crippen LogP contribution >= 0.6 is 0 Å². The molecule has 2 aromatic rings. The van der Waals surface area contributed by atoms with Crippen molar-refractivity contribution < 1.29 is 4.74 Å². The smallest absolute Gasteiger partial charge is 0.180 e. The molecule has 0 radical (unpaired) electrons. The number of aryl methyl sites for hydroxylation is 3. The van der Waals surface area contributed by atoms with Gasteiger partial charge in [0.05, 0.1) is 0 Å².